The summed E-state index contributed by atoms with van der Waals surface area (Å²) >= 11 is 0. The van der Waals surface area contributed by atoms with Gasteiger partial charge in [-0.3, -0.25) is 4.79 Å². The van der Waals surface area contributed by atoms with Crippen molar-refractivity contribution in [3.05, 3.63) is 48.0 Å². The number of nitrogens with two attached hydrogens (primary N) is 2. The molecule has 0 heterocycles. The van der Waals surface area contributed by atoms with Gasteiger partial charge in [0.1, 0.15) is 5.75 Å². The SMILES string of the molecule is COc1cccc(N(C)c2cc(C(N)=O)ccc2N)c1. The maximum Gasteiger partial charge on any atom is 0.248 e. The number of amides is 1. The largest absolute Gasteiger partial charge is 0.497 e. The van der Waals surface area contributed by atoms with Crippen molar-refractivity contribution in [3.8, 4) is 5.75 Å². The quantitative estimate of drug-likeness (QED) is 0.835. The van der Waals surface area contributed by atoms with Crippen molar-refractivity contribution >= 4 is 23.0 Å². The number of hydrogen-bond acceptors (Lipinski definition) is 4. The molecule has 5 nitrogen and oxygen atoms in total. The molecular formula is C15H17N3O2. The Labute approximate surface area is 117 Å². The van der Waals surface area contributed by atoms with Gasteiger partial charge >= 0.3 is 0 Å². The lowest BCUT2D eigenvalue weighted by Gasteiger charge is -2.22. The van der Waals surface area contributed by atoms with Gasteiger partial charge < -0.3 is 21.1 Å². The highest BCUT2D eigenvalue weighted by atomic mass is 16.5. The Balaban J connectivity index is 2.43. The van der Waals surface area contributed by atoms with E-state index >= 15 is 0 Å². The number of hydrogen-bond donors (Lipinski definition) is 2. The molecule has 0 saturated heterocycles. The Morgan fingerprint density at radius 2 is 1.95 bits per heavy atom. The molecule has 0 aliphatic heterocycles. The lowest BCUT2D eigenvalue weighted by Crippen LogP contribution is -2.15. The highest BCUT2D eigenvalue weighted by molar-refractivity contribution is 5.95. The number of ether oxygens (including phenoxy) is 1. The number of benzene rings is 2. The average molecular weight is 271 g/mol. The molecular weight excluding hydrogens is 254 g/mol. The van der Waals surface area contributed by atoms with Gasteiger partial charge in [-0.15, -0.1) is 0 Å². The summed E-state index contributed by atoms with van der Waals surface area (Å²) in [7, 11) is 3.48. The molecule has 1 amide bonds. The van der Waals surface area contributed by atoms with Crippen molar-refractivity contribution in [3.63, 3.8) is 0 Å². The summed E-state index contributed by atoms with van der Waals surface area (Å²) in [5.74, 6) is 0.268. The highest BCUT2D eigenvalue weighted by Gasteiger charge is 2.11. The summed E-state index contributed by atoms with van der Waals surface area (Å²) in [5, 5.41) is 0. The van der Waals surface area contributed by atoms with Gasteiger partial charge in [-0.05, 0) is 30.3 Å². The third-order valence-electron chi connectivity index (χ3n) is 3.12. The Kier molecular flexibility index (Phi) is 3.79. The molecule has 2 aromatic rings. The van der Waals surface area contributed by atoms with E-state index in [4.69, 9.17) is 16.2 Å². The Morgan fingerprint density at radius 3 is 2.60 bits per heavy atom. The van der Waals surface area contributed by atoms with Crippen molar-refractivity contribution < 1.29 is 9.53 Å². The number of carbonyl (C=O) groups excluding carboxylic acids is 1. The number of rotatable bonds is 4. The van der Waals surface area contributed by atoms with Gasteiger partial charge in [0.25, 0.3) is 0 Å². The van der Waals surface area contributed by atoms with Crippen LogP contribution in [0.5, 0.6) is 5.75 Å². The second-order valence-corrected chi connectivity index (χ2v) is 4.40. The van der Waals surface area contributed by atoms with Crippen molar-refractivity contribution in [2.45, 2.75) is 0 Å². The normalized spacial score (nSPS) is 10.1. The average Bonchev–Trinajstić information content (AvgIpc) is 2.46. The van der Waals surface area contributed by atoms with E-state index < -0.39 is 5.91 Å². The third-order valence-corrected chi connectivity index (χ3v) is 3.12. The van der Waals surface area contributed by atoms with Crippen LogP contribution in [-0.2, 0) is 0 Å². The minimum Gasteiger partial charge on any atom is -0.497 e. The van der Waals surface area contributed by atoms with Crippen molar-refractivity contribution in [2.75, 3.05) is 24.8 Å². The summed E-state index contributed by atoms with van der Waals surface area (Å²) in [6, 6.07) is 12.5. The van der Waals surface area contributed by atoms with Crippen molar-refractivity contribution in [1.29, 1.82) is 0 Å². The second-order valence-electron chi connectivity index (χ2n) is 4.40. The number of primary amides is 1. The van der Waals surface area contributed by atoms with E-state index in [9.17, 15) is 4.79 Å². The standard InChI is InChI=1S/C15H17N3O2/c1-18(11-4-3-5-12(9-11)20-2)14-8-10(15(17)19)6-7-13(14)16/h3-9H,16H2,1-2H3,(H2,17,19). The molecule has 5 heteroatoms. The Morgan fingerprint density at radius 1 is 1.20 bits per heavy atom. The summed E-state index contributed by atoms with van der Waals surface area (Å²) in [5.41, 5.74) is 13.9. The lowest BCUT2D eigenvalue weighted by atomic mass is 10.1. The zero-order valence-corrected chi connectivity index (χ0v) is 11.5. The molecule has 0 atom stereocenters. The summed E-state index contributed by atoms with van der Waals surface area (Å²) in [6.07, 6.45) is 0. The van der Waals surface area contributed by atoms with Crippen LogP contribution in [0.15, 0.2) is 42.5 Å². The van der Waals surface area contributed by atoms with E-state index in [-0.39, 0.29) is 0 Å². The molecule has 2 rings (SSSR count). The smallest absolute Gasteiger partial charge is 0.248 e. The summed E-state index contributed by atoms with van der Waals surface area (Å²) in [4.78, 5) is 13.1. The molecule has 0 unspecified atom stereocenters. The maximum absolute atomic E-state index is 11.3. The highest BCUT2D eigenvalue weighted by Crippen LogP contribution is 2.31. The first-order valence-electron chi connectivity index (χ1n) is 6.10. The number of nitrogen functional groups attached to an aromatic ring is 1. The zero-order chi connectivity index (χ0) is 14.7. The van der Waals surface area contributed by atoms with Gasteiger partial charge in [-0.25, -0.2) is 0 Å². The van der Waals surface area contributed by atoms with Gasteiger partial charge in [-0.2, -0.15) is 0 Å². The molecule has 0 saturated carbocycles. The second kappa shape index (κ2) is 5.52. The predicted octanol–water partition coefficient (Wildman–Crippen LogP) is 2.14. The number of carbonyl (C=O) groups is 1. The Hall–Kier alpha value is -2.69. The van der Waals surface area contributed by atoms with Crippen molar-refractivity contribution in [2.24, 2.45) is 5.73 Å². The first-order valence-corrected chi connectivity index (χ1v) is 6.10. The molecule has 0 radical (unpaired) electrons. The molecule has 0 aliphatic carbocycles. The maximum atomic E-state index is 11.3. The van der Waals surface area contributed by atoms with Gasteiger partial charge in [0, 0.05) is 24.4 Å². The topological polar surface area (TPSA) is 81.6 Å². The van der Waals surface area contributed by atoms with Gasteiger partial charge in [-0.1, -0.05) is 6.07 Å². The van der Waals surface area contributed by atoms with E-state index in [0.717, 1.165) is 17.1 Å². The fourth-order valence-corrected chi connectivity index (χ4v) is 1.95. The van der Waals surface area contributed by atoms with Crippen LogP contribution >= 0.6 is 0 Å². The molecule has 0 bridgehead atoms. The molecule has 0 spiro atoms. The fraction of sp³-hybridized carbons (Fsp3) is 0.133. The number of anilines is 3. The van der Waals surface area contributed by atoms with E-state index in [2.05, 4.69) is 0 Å². The summed E-state index contributed by atoms with van der Waals surface area (Å²) in [6.45, 7) is 0. The van der Waals surface area contributed by atoms with E-state index in [1.807, 2.05) is 36.2 Å². The van der Waals surface area contributed by atoms with Crippen LogP contribution in [0.4, 0.5) is 17.1 Å². The van der Waals surface area contributed by atoms with E-state index in [1.54, 1.807) is 25.3 Å². The molecule has 0 aliphatic rings. The van der Waals surface area contributed by atoms with Gasteiger partial charge in [0.2, 0.25) is 5.91 Å². The lowest BCUT2D eigenvalue weighted by molar-refractivity contribution is 0.100. The van der Waals surface area contributed by atoms with Crippen LogP contribution in [0, 0.1) is 0 Å². The monoisotopic (exact) mass is 271 g/mol. The summed E-state index contributed by atoms with van der Waals surface area (Å²) < 4.78 is 5.20. The molecule has 2 aromatic carbocycles. The molecule has 0 fully saturated rings. The van der Waals surface area contributed by atoms with Crippen LogP contribution in [0.2, 0.25) is 0 Å². The molecule has 104 valence electrons. The zero-order valence-electron chi connectivity index (χ0n) is 11.5. The first-order chi connectivity index (χ1) is 9.52. The molecule has 4 N–H and O–H groups in total. The number of nitrogens with zero attached hydrogens (tertiary/aromatic N) is 1. The van der Waals surface area contributed by atoms with Gasteiger partial charge in [0.15, 0.2) is 0 Å². The minimum atomic E-state index is -0.481. The van der Waals surface area contributed by atoms with Crippen LogP contribution < -0.4 is 21.1 Å². The van der Waals surface area contributed by atoms with Crippen LogP contribution in [-0.4, -0.2) is 20.1 Å². The third kappa shape index (κ3) is 2.66. The molecule has 20 heavy (non-hydrogen) atoms. The minimum absolute atomic E-state index is 0.420. The van der Waals surface area contributed by atoms with Crippen LogP contribution in [0.3, 0.4) is 0 Å². The molecule has 0 aromatic heterocycles. The number of methoxy groups -OCH3 is 1. The Bertz CT molecular complexity index is 641. The van der Waals surface area contributed by atoms with Crippen LogP contribution in [0.25, 0.3) is 0 Å². The van der Waals surface area contributed by atoms with E-state index in [0.29, 0.717) is 11.3 Å². The first kappa shape index (κ1) is 13.7. The van der Waals surface area contributed by atoms with Crippen LogP contribution in [0.1, 0.15) is 10.4 Å². The van der Waals surface area contributed by atoms with Crippen molar-refractivity contribution in [1.82, 2.24) is 0 Å². The predicted molar refractivity (Wildman–Crippen MR) is 80.4 cm³/mol. The van der Waals surface area contributed by atoms with Gasteiger partial charge in [0.05, 0.1) is 18.5 Å². The fourth-order valence-electron chi connectivity index (χ4n) is 1.95. The van der Waals surface area contributed by atoms with E-state index in [1.165, 1.54) is 0 Å².